The van der Waals surface area contributed by atoms with E-state index in [-0.39, 0.29) is 5.82 Å². The third-order valence-corrected chi connectivity index (χ3v) is 3.68. The fourth-order valence-electron chi connectivity index (χ4n) is 2.25. The third-order valence-electron chi connectivity index (χ3n) is 3.33. The van der Waals surface area contributed by atoms with Gasteiger partial charge < -0.3 is 10.5 Å². The molecule has 0 bridgehead atoms. The fraction of sp³-hybridized carbons (Fsp3) is 0.538. The quantitative estimate of drug-likeness (QED) is 0.915. The highest BCUT2D eigenvalue weighted by Gasteiger charge is 2.30. The fourth-order valence-corrected chi connectivity index (χ4v) is 2.47. The summed E-state index contributed by atoms with van der Waals surface area (Å²) >= 11 is 6.04. The first-order chi connectivity index (χ1) is 8.50. The molecule has 5 heteroatoms. The zero-order valence-electron chi connectivity index (χ0n) is 10.5. The van der Waals surface area contributed by atoms with Crippen molar-refractivity contribution in [2.45, 2.75) is 19.0 Å². The van der Waals surface area contributed by atoms with Crippen LogP contribution in [0, 0.1) is 5.82 Å². The predicted molar refractivity (Wildman–Crippen MR) is 70.1 cm³/mol. The maximum atomic E-state index is 13.8. The molecule has 18 heavy (non-hydrogen) atoms. The Labute approximate surface area is 112 Å². The summed E-state index contributed by atoms with van der Waals surface area (Å²) in [5.41, 5.74) is 6.17. The second kappa shape index (κ2) is 5.53. The Morgan fingerprint density at radius 1 is 1.44 bits per heavy atom. The SMILES string of the molecule is CC(N)(Cc1c(F)cccc1Cl)N1CCOCC1. The Kier molecular flexibility index (Phi) is 4.22. The van der Waals surface area contributed by atoms with E-state index in [1.165, 1.54) is 6.07 Å². The predicted octanol–water partition coefficient (Wildman–Crippen LogP) is 2.03. The van der Waals surface area contributed by atoms with Crippen LogP contribution in [0.2, 0.25) is 5.02 Å². The first kappa shape index (κ1) is 13.7. The molecule has 2 N–H and O–H groups in total. The minimum absolute atomic E-state index is 0.299. The lowest BCUT2D eigenvalue weighted by molar-refractivity contribution is -0.0144. The molecule has 2 rings (SSSR count). The number of nitrogens with two attached hydrogens (primary N) is 1. The molecule has 0 aromatic heterocycles. The smallest absolute Gasteiger partial charge is 0.128 e. The van der Waals surface area contributed by atoms with Crippen LogP contribution in [0.5, 0.6) is 0 Å². The van der Waals surface area contributed by atoms with E-state index in [9.17, 15) is 4.39 Å². The molecule has 1 aliphatic rings. The van der Waals surface area contributed by atoms with Gasteiger partial charge in [-0.3, -0.25) is 4.90 Å². The third kappa shape index (κ3) is 3.01. The lowest BCUT2D eigenvalue weighted by Gasteiger charge is -2.40. The van der Waals surface area contributed by atoms with Crippen LogP contribution in [0.25, 0.3) is 0 Å². The number of ether oxygens (including phenoxy) is 1. The molecule has 0 aliphatic carbocycles. The van der Waals surface area contributed by atoms with E-state index in [2.05, 4.69) is 4.90 Å². The summed E-state index contributed by atoms with van der Waals surface area (Å²) in [5, 5.41) is 0.430. The molecule has 0 amide bonds. The number of benzene rings is 1. The molecule has 1 saturated heterocycles. The van der Waals surface area contributed by atoms with E-state index in [0.29, 0.717) is 30.2 Å². The maximum Gasteiger partial charge on any atom is 0.128 e. The Hall–Kier alpha value is -0.680. The van der Waals surface area contributed by atoms with Gasteiger partial charge in [0.1, 0.15) is 5.82 Å². The Morgan fingerprint density at radius 3 is 2.72 bits per heavy atom. The van der Waals surface area contributed by atoms with E-state index in [1.54, 1.807) is 12.1 Å². The van der Waals surface area contributed by atoms with Crippen LogP contribution >= 0.6 is 11.6 Å². The molecule has 1 atom stereocenters. The van der Waals surface area contributed by atoms with Gasteiger partial charge >= 0.3 is 0 Å². The number of hydrogen-bond donors (Lipinski definition) is 1. The van der Waals surface area contributed by atoms with Crippen molar-refractivity contribution < 1.29 is 9.13 Å². The van der Waals surface area contributed by atoms with Gasteiger partial charge in [-0.15, -0.1) is 0 Å². The summed E-state index contributed by atoms with van der Waals surface area (Å²) in [4.78, 5) is 2.11. The monoisotopic (exact) mass is 272 g/mol. The highest BCUT2D eigenvalue weighted by atomic mass is 35.5. The summed E-state index contributed by atoms with van der Waals surface area (Å²) in [5.74, 6) is -0.299. The van der Waals surface area contributed by atoms with Gasteiger partial charge in [0.15, 0.2) is 0 Å². The Balaban J connectivity index is 2.16. The van der Waals surface area contributed by atoms with Crippen LogP contribution in [0.15, 0.2) is 18.2 Å². The van der Waals surface area contributed by atoms with Crippen molar-refractivity contribution in [2.24, 2.45) is 5.73 Å². The molecule has 0 radical (unpaired) electrons. The number of rotatable bonds is 3. The second-order valence-electron chi connectivity index (χ2n) is 4.83. The van der Waals surface area contributed by atoms with E-state index >= 15 is 0 Å². The van der Waals surface area contributed by atoms with Gasteiger partial charge in [0.25, 0.3) is 0 Å². The molecule has 100 valence electrons. The van der Waals surface area contributed by atoms with Crippen LogP contribution in [0.4, 0.5) is 4.39 Å². The number of halogens is 2. The van der Waals surface area contributed by atoms with E-state index in [0.717, 1.165) is 13.1 Å². The minimum atomic E-state index is -0.615. The number of nitrogens with zero attached hydrogens (tertiary/aromatic N) is 1. The standard InChI is InChI=1S/C13H18ClFN2O/c1-13(16,17-5-7-18-8-6-17)9-10-11(14)3-2-4-12(10)15/h2-4H,5-9,16H2,1H3. The Bertz CT molecular complexity index is 399. The summed E-state index contributed by atoms with van der Waals surface area (Å²) < 4.78 is 19.1. The summed E-state index contributed by atoms with van der Waals surface area (Å²) in [6.07, 6.45) is 0.387. The van der Waals surface area contributed by atoms with Crippen molar-refractivity contribution in [1.82, 2.24) is 4.90 Å². The largest absolute Gasteiger partial charge is 0.379 e. The van der Waals surface area contributed by atoms with Crippen molar-refractivity contribution in [3.63, 3.8) is 0 Å². The molecule has 0 spiro atoms. The first-order valence-corrected chi connectivity index (χ1v) is 6.43. The average molecular weight is 273 g/mol. The highest BCUT2D eigenvalue weighted by molar-refractivity contribution is 6.31. The van der Waals surface area contributed by atoms with Crippen LogP contribution in [0.1, 0.15) is 12.5 Å². The maximum absolute atomic E-state index is 13.8. The molecule has 0 saturated carbocycles. The molecule has 1 fully saturated rings. The van der Waals surface area contributed by atoms with Gasteiger partial charge in [0, 0.05) is 30.1 Å². The second-order valence-corrected chi connectivity index (χ2v) is 5.24. The van der Waals surface area contributed by atoms with Crippen molar-refractivity contribution in [3.05, 3.63) is 34.6 Å². The normalized spacial score (nSPS) is 20.7. The van der Waals surface area contributed by atoms with Crippen LogP contribution < -0.4 is 5.73 Å². The van der Waals surface area contributed by atoms with Crippen molar-refractivity contribution >= 4 is 11.6 Å². The molecule has 3 nitrogen and oxygen atoms in total. The topological polar surface area (TPSA) is 38.5 Å². The number of morpholine rings is 1. The molecule has 1 aromatic rings. The summed E-state index contributed by atoms with van der Waals surface area (Å²) in [7, 11) is 0. The molecular formula is C13H18ClFN2O. The van der Waals surface area contributed by atoms with Crippen LogP contribution in [-0.4, -0.2) is 36.9 Å². The summed E-state index contributed by atoms with van der Waals surface area (Å²) in [6.45, 7) is 4.76. The van der Waals surface area contributed by atoms with E-state index < -0.39 is 5.66 Å². The zero-order valence-corrected chi connectivity index (χ0v) is 11.2. The molecule has 1 aliphatic heterocycles. The van der Waals surface area contributed by atoms with Gasteiger partial charge in [0.2, 0.25) is 0 Å². The van der Waals surface area contributed by atoms with Crippen molar-refractivity contribution in [2.75, 3.05) is 26.3 Å². The van der Waals surface area contributed by atoms with E-state index in [1.807, 2.05) is 6.92 Å². The molecular weight excluding hydrogens is 255 g/mol. The Morgan fingerprint density at radius 2 is 2.11 bits per heavy atom. The van der Waals surface area contributed by atoms with Crippen LogP contribution in [0.3, 0.4) is 0 Å². The van der Waals surface area contributed by atoms with Crippen LogP contribution in [-0.2, 0) is 11.2 Å². The lowest BCUT2D eigenvalue weighted by atomic mass is 9.99. The van der Waals surface area contributed by atoms with Gasteiger partial charge in [-0.05, 0) is 19.1 Å². The van der Waals surface area contributed by atoms with Gasteiger partial charge in [-0.1, -0.05) is 17.7 Å². The average Bonchev–Trinajstić information content (AvgIpc) is 2.35. The van der Waals surface area contributed by atoms with Crippen molar-refractivity contribution in [3.8, 4) is 0 Å². The zero-order chi connectivity index (χ0) is 13.2. The van der Waals surface area contributed by atoms with Crippen molar-refractivity contribution in [1.29, 1.82) is 0 Å². The van der Waals surface area contributed by atoms with E-state index in [4.69, 9.17) is 22.1 Å². The molecule has 1 unspecified atom stereocenters. The summed E-state index contributed by atoms with van der Waals surface area (Å²) in [6, 6.07) is 4.70. The van der Waals surface area contributed by atoms with Gasteiger partial charge in [-0.25, -0.2) is 4.39 Å². The highest BCUT2D eigenvalue weighted by Crippen LogP contribution is 2.25. The lowest BCUT2D eigenvalue weighted by Crippen LogP contribution is -2.58. The first-order valence-electron chi connectivity index (χ1n) is 6.05. The molecule has 1 heterocycles. The van der Waals surface area contributed by atoms with Gasteiger partial charge in [0.05, 0.1) is 18.9 Å². The molecule has 1 aromatic carbocycles. The number of hydrogen-bond acceptors (Lipinski definition) is 3. The minimum Gasteiger partial charge on any atom is -0.379 e. The van der Waals surface area contributed by atoms with Gasteiger partial charge in [-0.2, -0.15) is 0 Å².